The highest BCUT2D eigenvalue weighted by Gasteiger charge is 2.45. The van der Waals surface area contributed by atoms with Gasteiger partial charge in [0.2, 0.25) is 0 Å². The number of benzene rings is 1. The van der Waals surface area contributed by atoms with Crippen LogP contribution in [0.3, 0.4) is 0 Å². The van der Waals surface area contributed by atoms with Crippen molar-refractivity contribution < 1.29 is 4.74 Å². The quantitative estimate of drug-likeness (QED) is 0.642. The second kappa shape index (κ2) is 7.72. The molecule has 2 fully saturated rings. The van der Waals surface area contributed by atoms with Gasteiger partial charge in [-0.3, -0.25) is 4.90 Å². The summed E-state index contributed by atoms with van der Waals surface area (Å²) in [6.07, 6.45) is 7.69. The van der Waals surface area contributed by atoms with Crippen molar-refractivity contribution in [3.8, 4) is 5.75 Å². The molecule has 0 bridgehead atoms. The Morgan fingerprint density at radius 3 is 2.79 bits per heavy atom. The van der Waals surface area contributed by atoms with E-state index in [0.717, 1.165) is 31.1 Å². The topological polar surface area (TPSA) is 58.8 Å². The minimum absolute atomic E-state index is 0.509. The lowest BCUT2D eigenvalue weighted by Crippen LogP contribution is -2.29. The normalized spacial score (nSPS) is 25.0. The minimum atomic E-state index is 0.509. The molecule has 2 aromatic heterocycles. The second-order valence-electron chi connectivity index (χ2n) is 8.41. The molecule has 4 heterocycles. The Hall–Kier alpha value is -2.51. The summed E-state index contributed by atoms with van der Waals surface area (Å²) < 4.78 is 7.08. The van der Waals surface area contributed by atoms with Gasteiger partial charge < -0.3 is 9.64 Å². The van der Waals surface area contributed by atoms with Gasteiger partial charge in [-0.05, 0) is 61.5 Å². The van der Waals surface area contributed by atoms with Crippen molar-refractivity contribution in [2.24, 2.45) is 11.8 Å². The maximum atomic E-state index is 5.33. The first-order valence-electron chi connectivity index (χ1n) is 10.4. The smallest absolute Gasteiger partial charge is 0.252 e. The van der Waals surface area contributed by atoms with Crippen LogP contribution >= 0.6 is 0 Å². The van der Waals surface area contributed by atoms with E-state index in [4.69, 9.17) is 4.74 Å². The van der Waals surface area contributed by atoms with Crippen LogP contribution < -0.4 is 4.74 Å². The van der Waals surface area contributed by atoms with Gasteiger partial charge in [0, 0.05) is 38.1 Å². The number of fused-ring (bicyclic) bond motifs is 2. The van der Waals surface area contributed by atoms with Crippen LogP contribution in [0.4, 0.5) is 0 Å². The van der Waals surface area contributed by atoms with Gasteiger partial charge in [0.15, 0.2) is 0 Å². The third kappa shape index (κ3) is 3.60. The Labute approximate surface area is 171 Å². The van der Waals surface area contributed by atoms with Crippen LogP contribution in [-0.4, -0.2) is 69.7 Å². The summed E-state index contributed by atoms with van der Waals surface area (Å²) in [6, 6.07) is 9.15. The van der Waals surface area contributed by atoms with E-state index in [-0.39, 0.29) is 0 Å². The summed E-state index contributed by atoms with van der Waals surface area (Å²) in [5, 5.41) is 4.18. The van der Waals surface area contributed by atoms with E-state index < -0.39 is 0 Å². The average molecular weight is 393 g/mol. The third-order valence-corrected chi connectivity index (χ3v) is 6.56. The number of nitrogens with zero attached hydrogens (tertiary/aromatic N) is 6. The summed E-state index contributed by atoms with van der Waals surface area (Å²) in [6.45, 7) is 4.72. The first kappa shape index (κ1) is 18.5. The van der Waals surface area contributed by atoms with Gasteiger partial charge in [-0.2, -0.15) is 10.1 Å². The molecule has 0 aliphatic carbocycles. The maximum Gasteiger partial charge on any atom is 0.252 e. The fourth-order valence-corrected chi connectivity index (χ4v) is 5.23. The van der Waals surface area contributed by atoms with Crippen LogP contribution in [0.2, 0.25) is 0 Å². The maximum absolute atomic E-state index is 5.33. The molecule has 0 amide bonds. The van der Waals surface area contributed by atoms with E-state index in [1.54, 1.807) is 18.0 Å². The standard InChI is InChI=1S/C22H28N6O/c1-26-12-18-13-27(9-3-4-16-10-23-22-24-15-25-28(22)11-16)14-20(18)21(26)17-5-7-19(29-2)8-6-17/h5-8,10-11,15,18,20-21H,3-4,9,12-14H2,1-2H3/t18-,20+,21+/m0/s1. The molecule has 5 rings (SSSR count). The largest absolute Gasteiger partial charge is 0.497 e. The monoisotopic (exact) mass is 392 g/mol. The zero-order valence-electron chi connectivity index (χ0n) is 17.1. The van der Waals surface area contributed by atoms with E-state index in [2.05, 4.69) is 56.2 Å². The fraction of sp³-hybridized carbons (Fsp3) is 0.500. The van der Waals surface area contributed by atoms with Crippen molar-refractivity contribution in [3.05, 3.63) is 54.1 Å². The van der Waals surface area contributed by atoms with Crippen molar-refractivity contribution >= 4 is 5.78 Å². The van der Waals surface area contributed by atoms with E-state index in [1.165, 1.54) is 30.8 Å². The van der Waals surface area contributed by atoms with Crippen LogP contribution in [0, 0.1) is 11.8 Å². The molecule has 2 saturated heterocycles. The predicted octanol–water partition coefficient (Wildman–Crippen LogP) is 2.30. The molecule has 2 aliphatic rings. The molecule has 7 nitrogen and oxygen atoms in total. The molecule has 7 heteroatoms. The summed E-state index contributed by atoms with van der Waals surface area (Å²) in [4.78, 5) is 13.7. The lowest BCUT2D eigenvalue weighted by molar-refractivity contribution is 0.227. The Morgan fingerprint density at radius 1 is 1.10 bits per heavy atom. The molecule has 0 spiro atoms. The average Bonchev–Trinajstić information content (AvgIpc) is 3.42. The number of ether oxygens (including phenoxy) is 1. The van der Waals surface area contributed by atoms with Crippen LogP contribution in [0.5, 0.6) is 5.75 Å². The lowest BCUT2D eigenvalue weighted by atomic mass is 9.89. The van der Waals surface area contributed by atoms with Crippen molar-refractivity contribution in [1.82, 2.24) is 29.4 Å². The van der Waals surface area contributed by atoms with E-state index >= 15 is 0 Å². The van der Waals surface area contributed by atoms with Gasteiger partial charge in [-0.25, -0.2) is 9.50 Å². The highest BCUT2D eigenvalue weighted by Crippen LogP contribution is 2.44. The van der Waals surface area contributed by atoms with Crippen molar-refractivity contribution in [3.63, 3.8) is 0 Å². The van der Waals surface area contributed by atoms with Gasteiger partial charge in [0.25, 0.3) is 5.78 Å². The van der Waals surface area contributed by atoms with E-state index in [9.17, 15) is 0 Å². The highest BCUT2D eigenvalue weighted by molar-refractivity contribution is 5.31. The van der Waals surface area contributed by atoms with Crippen LogP contribution in [-0.2, 0) is 6.42 Å². The summed E-state index contributed by atoms with van der Waals surface area (Å²) >= 11 is 0. The van der Waals surface area contributed by atoms with Crippen molar-refractivity contribution in [2.75, 3.05) is 40.3 Å². The van der Waals surface area contributed by atoms with Crippen LogP contribution in [0.25, 0.3) is 5.78 Å². The van der Waals surface area contributed by atoms with Gasteiger partial charge in [0.1, 0.15) is 12.1 Å². The van der Waals surface area contributed by atoms with E-state index in [1.807, 2.05) is 12.4 Å². The molecule has 3 aromatic rings. The zero-order chi connectivity index (χ0) is 19.8. The predicted molar refractivity (Wildman–Crippen MR) is 111 cm³/mol. The SMILES string of the molecule is COc1ccc([C@@H]2[C@@H]3CN(CCCc4cnc5ncnn5c4)C[C@@H]3CN2C)cc1. The van der Waals surface area contributed by atoms with Crippen molar-refractivity contribution in [1.29, 1.82) is 0 Å². The molecule has 3 atom stereocenters. The van der Waals surface area contributed by atoms with Crippen LogP contribution in [0.1, 0.15) is 23.6 Å². The Balaban J connectivity index is 1.19. The second-order valence-corrected chi connectivity index (χ2v) is 8.41. The number of rotatable bonds is 6. The molecule has 0 radical (unpaired) electrons. The highest BCUT2D eigenvalue weighted by atomic mass is 16.5. The van der Waals surface area contributed by atoms with E-state index in [0.29, 0.717) is 17.7 Å². The van der Waals surface area contributed by atoms with Crippen molar-refractivity contribution in [2.45, 2.75) is 18.9 Å². The Kier molecular flexibility index (Phi) is 4.93. The molecular weight excluding hydrogens is 364 g/mol. The van der Waals surface area contributed by atoms with Gasteiger partial charge >= 0.3 is 0 Å². The molecule has 152 valence electrons. The number of aryl methyl sites for hydroxylation is 1. The number of methoxy groups -OCH3 is 1. The Morgan fingerprint density at radius 2 is 1.97 bits per heavy atom. The van der Waals surface area contributed by atoms with Crippen LogP contribution in [0.15, 0.2) is 43.0 Å². The Bertz CT molecular complexity index is 971. The summed E-state index contributed by atoms with van der Waals surface area (Å²) in [5.74, 6) is 3.06. The fourth-order valence-electron chi connectivity index (χ4n) is 5.23. The number of hydrogen-bond acceptors (Lipinski definition) is 6. The zero-order valence-corrected chi connectivity index (χ0v) is 17.1. The molecule has 0 N–H and O–H groups in total. The molecule has 2 aliphatic heterocycles. The van der Waals surface area contributed by atoms with Gasteiger partial charge in [-0.15, -0.1) is 0 Å². The first-order chi connectivity index (χ1) is 14.2. The molecule has 0 saturated carbocycles. The lowest BCUT2D eigenvalue weighted by Gasteiger charge is -2.27. The minimum Gasteiger partial charge on any atom is -0.497 e. The molecule has 1 aromatic carbocycles. The number of aromatic nitrogens is 4. The van der Waals surface area contributed by atoms with Gasteiger partial charge in [-0.1, -0.05) is 12.1 Å². The van der Waals surface area contributed by atoms with Gasteiger partial charge in [0.05, 0.1) is 7.11 Å². The molecular formula is C22H28N6O. The first-order valence-corrected chi connectivity index (χ1v) is 10.4. The number of hydrogen-bond donors (Lipinski definition) is 0. The molecule has 0 unspecified atom stereocenters. The number of likely N-dealkylation sites (tertiary alicyclic amines) is 2. The summed E-state index contributed by atoms with van der Waals surface area (Å²) in [5.41, 5.74) is 2.63. The summed E-state index contributed by atoms with van der Waals surface area (Å²) in [7, 11) is 3.99. The third-order valence-electron chi connectivity index (χ3n) is 6.56. The molecule has 29 heavy (non-hydrogen) atoms.